The zero-order chi connectivity index (χ0) is 31.0. The molecule has 0 amide bonds. The Morgan fingerprint density at radius 1 is 0.864 bits per heavy atom. The van der Waals surface area contributed by atoms with Gasteiger partial charge in [0.2, 0.25) is 0 Å². The monoisotopic (exact) mass is 622 g/mol. The topological polar surface area (TPSA) is 61.1 Å². The van der Waals surface area contributed by atoms with Crippen LogP contribution in [0.25, 0.3) is 22.0 Å². The minimum atomic E-state index is -0.871. The Bertz CT molecular complexity index is 2020. The number of aryl methyl sites for hydroxylation is 2. The number of halogens is 2. The molecule has 0 aliphatic carbocycles. The number of imidazole rings is 1. The van der Waals surface area contributed by atoms with E-state index in [9.17, 15) is 4.79 Å². The summed E-state index contributed by atoms with van der Waals surface area (Å²) in [7, 11) is 5.45. The molecular weight excluding hydrogens is 591 g/mol. The van der Waals surface area contributed by atoms with Crippen molar-refractivity contribution in [2.45, 2.75) is 18.5 Å². The highest BCUT2D eigenvalue weighted by molar-refractivity contribution is 6.31. The van der Waals surface area contributed by atoms with Crippen molar-refractivity contribution in [3.05, 3.63) is 152 Å². The standard InChI is InChI=1S/C36H32Cl2N4O2/c1-23(24-8-15-30(44-4)16-9-24)40-36(34-21-39-22-41(34)2,26-10-13-28(37)14-11-26)27-12-17-33-32(19-27)31(20-35(43)42(33)3)25-6-5-7-29(38)18-25/h5-23,40H,1-4H3/t23-,36?/m0/s1. The van der Waals surface area contributed by atoms with Gasteiger partial charge in [0.25, 0.3) is 5.56 Å². The molecule has 1 unspecified atom stereocenters. The maximum atomic E-state index is 13.1. The van der Waals surface area contributed by atoms with Crippen LogP contribution in [0.4, 0.5) is 0 Å². The molecular formula is C36H32Cl2N4O2. The molecule has 6 rings (SSSR count). The van der Waals surface area contributed by atoms with Gasteiger partial charge in [-0.15, -0.1) is 0 Å². The number of hydrogen-bond donors (Lipinski definition) is 1. The molecule has 0 spiro atoms. The van der Waals surface area contributed by atoms with Crippen molar-refractivity contribution in [3.8, 4) is 16.9 Å². The Kier molecular flexibility index (Phi) is 8.08. The average Bonchev–Trinajstić information content (AvgIpc) is 3.47. The molecule has 2 atom stereocenters. The summed E-state index contributed by atoms with van der Waals surface area (Å²) in [5.74, 6) is 0.797. The van der Waals surface area contributed by atoms with Crippen molar-refractivity contribution in [2.24, 2.45) is 14.1 Å². The van der Waals surface area contributed by atoms with Gasteiger partial charge >= 0.3 is 0 Å². The van der Waals surface area contributed by atoms with Crippen LogP contribution in [-0.2, 0) is 19.6 Å². The number of fused-ring (bicyclic) bond motifs is 1. The van der Waals surface area contributed by atoms with Gasteiger partial charge in [0, 0.05) is 41.6 Å². The van der Waals surface area contributed by atoms with Crippen LogP contribution in [0, 0.1) is 0 Å². The lowest BCUT2D eigenvalue weighted by atomic mass is 9.78. The molecule has 4 aromatic carbocycles. The fourth-order valence-electron chi connectivity index (χ4n) is 6.01. The van der Waals surface area contributed by atoms with E-state index < -0.39 is 5.54 Å². The summed E-state index contributed by atoms with van der Waals surface area (Å²) in [5, 5.41) is 6.18. The first-order chi connectivity index (χ1) is 21.2. The van der Waals surface area contributed by atoms with Gasteiger partial charge in [0.1, 0.15) is 11.3 Å². The van der Waals surface area contributed by atoms with E-state index in [1.807, 2.05) is 90.9 Å². The summed E-state index contributed by atoms with van der Waals surface area (Å²) in [5.41, 5.74) is 5.51. The van der Waals surface area contributed by atoms with Gasteiger partial charge in [0.15, 0.2) is 0 Å². The molecule has 0 radical (unpaired) electrons. The van der Waals surface area contributed by atoms with E-state index in [1.165, 1.54) is 0 Å². The average molecular weight is 624 g/mol. The quantitative estimate of drug-likeness (QED) is 0.187. The van der Waals surface area contributed by atoms with Crippen LogP contribution >= 0.6 is 23.2 Å². The second kappa shape index (κ2) is 12.0. The fraction of sp³-hybridized carbons (Fsp3) is 0.167. The molecule has 0 saturated carbocycles. The predicted octanol–water partition coefficient (Wildman–Crippen LogP) is 7.90. The van der Waals surface area contributed by atoms with E-state index in [0.29, 0.717) is 10.0 Å². The van der Waals surface area contributed by atoms with Crippen molar-refractivity contribution in [2.75, 3.05) is 7.11 Å². The van der Waals surface area contributed by atoms with E-state index >= 15 is 0 Å². The minimum absolute atomic E-state index is 0.0953. The van der Waals surface area contributed by atoms with Crippen molar-refractivity contribution in [1.29, 1.82) is 0 Å². The maximum Gasteiger partial charge on any atom is 0.251 e. The van der Waals surface area contributed by atoms with Crippen molar-refractivity contribution >= 4 is 34.1 Å². The van der Waals surface area contributed by atoms with Crippen molar-refractivity contribution in [1.82, 2.24) is 19.4 Å². The Morgan fingerprint density at radius 3 is 2.25 bits per heavy atom. The molecule has 6 nitrogen and oxygen atoms in total. The van der Waals surface area contributed by atoms with Crippen molar-refractivity contribution < 1.29 is 4.74 Å². The normalized spacial score (nSPS) is 13.5. The highest BCUT2D eigenvalue weighted by atomic mass is 35.5. The van der Waals surface area contributed by atoms with Crippen LogP contribution < -0.4 is 15.6 Å². The van der Waals surface area contributed by atoms with Gasteiger partial charge < -0.3 is 13.9 Å². The number of pyridine rings is 1. The van der Waals surface area contributed by atoms with Gasteiger partial charge in [-0.25, -0.2) is 4.98 Å². The second-order valence-electron chi connectivity index (χ2n) is 11.0. The summed E-state index contributed by atoms with van der Waals surface area (Å²) in [4.78, 5) is 17.7. The van der Waals surface area contributed by atoms with Crippen LogP contribution in [0.15, 0.2) is 114 Å². The van der Waals surface area contributed by atoms with Gasteiger partial charge in [-0.1, -0.05) is 65.7 Å². The molecule has 0 fully saturated rings. The Labute approximate surface area is 266 Å². The Morgan fingerprint density at radius 2 is 1.59 bits per heavy atom. The maximum absolute atomic E-state index is 13.1. The summed E-state index contributed by atoms with van der Waals surface area (Å²) in [6, 6.07) is 31.4. The fourth-order valence-corrected chi connectivity index (χ4v) is 6.33. The SMILES string of the molecule is COc1ccc([C@H](C)NC(c2ccc(Cl)cc2)(c2ccc3c(c2)c(-c2cccc(Cl)c2)cc(=O)n3C)c2cncn2C)cc1. The van der Waals surface area contributed by atoms with E-state index in [0.717, 1.165) is 50.2 Å². The molecule has 44 heavy (non-hydrogen) atoms. The number of aromatic nitrogens is 3. The summed E-state index contributed by atoms with van der Waals surface area (Å²) >= 11 is 12.8. The zero-order valence-corrected chi connectivity index (χ0v) is 26.4. The molecule has 8 heteroatoms. The van der Waals surface area contributed by atoms with Gasteiger partial charge in [-0.3, -0.25) is 10.1 Å². The van der Waals surface area contributed by atoms with Gasteiger partial charge in [-0.2, -0.15) is 0 Å². The highest BCUT2D eigenvalue weighted by Crippen LogP contribution is 2.41. The van der Waals surface area contributed by atoms with E-state index in [1.54, 1.807) is 24.8 Å². The van der Waals surface area contributed by atoms with Crippen LogP contribution in [-0.4, -0.2) is 21.2 Å². The Hall–Kier alpha value is -4.36. The van der Waals surface area contributed by atoms with E-state index in [4.69, 9.17) is 27.9 Å². The summed E-state index contributed by atoms with van der Waals surface area (Å²) < 4.78 is 9.12. The van der Waals surface area contributed by atoms with Crippen molar-refractivity contribution in [3.63, 3.8) is 0 Å². The molecule has 222 valence electrons. The number of nitrogens with zero attached hydrogens (tertiary/aromatic N) is 3. The van der Waals surface area contributed by atoms with Crippen LogP contribution in [0.3, 0.4) is 0 Å². The predicted molar refractivity (Wildman–Crippen MR) is 179 cm³/mol. The Balaban J connectivity index is 1.66. The first-order valence-electron chi connectivity index (χ1n) is 14.3. The lowest BCUT2D eigenvalue weighted by Gasteiger charge is -2.39. The van der Waals surface area contributed by atoms with Crippen LogP contribution in [0.1, 0.15) is 35.3 Å². The van der Waals surface area contributed by atoms with Gasteiger partial charge in [0.05, 0.1) is 30.8 Å². The third kappa shape index (κ3) is 5.30. The smallest absolute Gasteiger partial charge is 0.251 e. The summed E-state index contributed by atoms with van der Waals surface area (Å²) in [6.07, 6.45) is 3.70. The number of ether oxygens (including phenoxy) is 1. The third-order valence-electron chi connectivity index (χ3n) is 8.34. The zero-order valence-electron chi connectivity index (χ0n) is 24.9. The van der Waals surface area contributed by atoms with Crippen LogP contribution in [0.2, 0.25) is 10.0 Å². The number of nitrogens with one attached hydrogen (secondary N) is 1. The number of methoxy groups -OCH3 is 1. The molecule has 2 heterocycles. The van der Waals surface area contributed by atoms with E-state index in [-0.39, 0.29) is 11.6 Å². The lowest BCUT2D eigenvalue weighted by Crippen LogP contribution is -2.47. The minimum Gasteiger partial charge on any atom is -0.497 e. The molecule has 6 aromatic rings. The van der Waals surface area contributed by atoms with Crippen LogP contribution in [0.5, 0.6) is 5.75 Å². The third-order valence-corrected chi connectivity index (χ3v) is 8.83. The highest BCUT2D eigenvalue weighted by Gasteiger charge is 2.40. The molecule has 0 saturated heterocycles. The number of benzene rings is 4. The molecule has 0 aliphatic heterocycles. The first kappa shape index (κ1) is 29.7. The largest absolute Gasteiger partial charge is 0.497 e. The molecule has 2 aromatic heterocycles. The molecule has 0 bridgehead atoms. The molecule has 0 aliphatic rings. The molecule has 1 N–H and O–H groups in total. The summed E-state index contributed by atoms with van der Waals surface area (Å²) in [6.45, 7) is 2.14. The van der Waals surface area contributed by atoms with E-state index in [2.05, 4.69) is 41.5 Å². The number of rotatable bonds is 8. The number of hydrogen-bond acceptors (Lipinski definition) is 4. The first-order valence-corrected chi connectivity index (χ1v) is 15.0. The second-order valence-corrected chi connectivity index (χ2v) is 11.9. The lowest BCUT2D eigenvalue weighted by molar-refractivity contribution is 0.396. The van der Waals surface area contributed by atoms with Gasteiger partial charge in [-0.05, 0) is 83.3 Å².